The Kier molecular flexibility index (Phi) is 8.58. The van der Waals surface area contributed by atoms with Crippen molar-refractivity contribution in [1.82, 2.24) is 12.7 Å². The molecule has 0 aliphatic carbocycles. The highest BCUT2D eigenvalue weighted by Gasteiger charge is 2.29. The van der Waals surface area contributed by atoms with E-state index in [2.05, 4.69) is 9.88 Å². The standard InChI is InChI=1S/C22H26F2IN5O3/c1-3-4-5-6-17(31)29(13-33-21(32)14-7-9-28(2)10-8-14)22-27-19-16(23)11-15(12-26)18(24)20(19)30(22)25/h11,14H,3-10,13H2,1-2H3. The molecule has 8 nitrogen and oxygen atoms in total. The van der Waals surface area contributed by atoms with Gasteiger partial charge in [-0.05, 0) is 45.5 Å². The number of likely N-dealkylation sites (tertiary alicyclic amines) is 1. The zero-order valence-electron chi connectivity index (χ0n) is 18.6. The van der Waals surface area contributed by atoms with E-state index in [9.17, 15) is 18.4 Å². The Morgan fingerprint density at radius 3 is 2.67 bits per heavy atom. The van der Waals surface area contributed by atoms with E-state index in [-0.39, 0.29) is 35.2 Å². The highest BCUT2D eigenvalue weighted by Crippen LogP contribution is 2.31. The Balaban J connectivity index is 1.90. The van der Waals surface area contributed by atoms with Crippen LogP contribution in [0.3, 0.4) is 0 Å². The van der Waals surface area contributed by atoms with Crippen molar-refractivity contribution in [1.29, 1.82) is 5.26 Å². The van der Waals surface area contributed by atoms with E-state index in [1.54, 1.807) is 28.9 Å². The van der Waals surface area contributed by atoms with Crippen LogP contribution >= 0.6 is 22.9 Å². The number of imidazole rings is 1. The maximum Gasteiger partial charge on any atom is 0.310 e. The third kappa shape index (κ3) is 5.60. The predicted molar refractivity (Wildman–Crippen MR) is 127 cm³/mol. The molecule has 1 aromatic heterocycles. The monoisotopic (exact) mass is 573 g/mol. The molecule has 11 heteroatoms. The van der Waals surface area contributed by atoms with Crippen LogP contribution in [0.5, 0.6) is 0 Å². The zero-order chi connectivity index (χ0) is 24.1. The van der Waals surface area contributed by atoms with Gasteiger partial charge < -0.3 is 9.64 Å². The fourth-order valence-electron chi connectivity index (χ4n) is 3.77. The second-order valence-corrected chi connectivity index (χ2v) is 9.14. The number of hydrogen-bond donors (Lipinski definition) is 0. The van der Waals surface area contributed by atoms with Crippen molar-refractivity contribution in [2.24, 2.45) is 5.92 Å². The average molecular weight is 573 g/mol. The van der Waals surface area contributed by atoms with Crippen molar-refractivity contribution in [2.75, 3.05) is 31.8 Å². The van der Waals surface area contributed by atoms with E-state index in [0.717, 1.165) is 36.9 Å². The minimum absolute atomic E-state index is 0.0591. The first-order valence-electron chi connectivity index (χ1n) is 10.9. The van der Waals surface area contributed by atoms with Crippen LogP contribution in [0.1, 0.15) is 51.0 Å². The Bertz CT molecular complexity index is 1080. The molecule has 0 unspecified atom stereocenters. The van der Waals surface area contributed by atoms with Crippen LogP contribution in [0.2, 0.25) is 0 Å². The molecule has 0 spiro atoms. The Labute approximate surface area is 205 Å². The zero-order valence-corrected chi connectivity index (χ0v) is 20.8. The second kappa shape index (κ2) is 11.2. The lowest BCUT2D eigenvalue weighted by molar-refractivity contribution is -0.150. The van der Waals surface area contributed by atoms with Crippen LogP contribution in [-0.4, -0.2) is 51.4 Å². The van der Waals surface area contributed by atoms with Gasteiger partial charge in [-0.3, -0.25) is 9.59 Å². The molecule has 0 saturated carbocycles. The smallest absolute Gasteiger partial charge is 0.310 e. The Morgan fingerprint density at radius 2 is 2.03 bits per heavy atom. The van der Waals surface area contributed by atoms with Gasteiger partial charge in [0.2, 0.25) is 11.9 Å². The number of fused-ring (bicyclic) bond motifs is 1. The molecule has 2 heterocycles. The van der Waals surface area contributed by atoms with E-state index in [1.807, 2.05) is 14.0 Å². The first-order valence-corrected chi connectivity index (χ1v) is 11.9. The largest absolute Gasteiger partial charge is 0.443 e. The number of rotatable bonds is 8. The number of nitrogens with zero attached hydrogens (tertiary/aromatic N) is 5. The molecule has 1 fully saturated rings. The maximum absolute atomic E-state index is 14.8. The molecular formula is C22H26F2IN5O3. The van der Waals surface area contributed by atoms with Crippen molar-refractivity contribution in [3.63, 3.8) is 0 Å². The molecule has 1 aliphatic rings. The van der Waals surface area contributed by atoms with E-state index in [1.165, 1.54) is 2.78 Å². The number of esters is 1. The van der Waals surface area contributed by atoms with Gasteiger partial charge in [0.25, 0.3) is 0 Å². The van der Waals surface area contributed by atoms with E-state index in [4.69, 9.17) is 10.00 Å². The number of amides is 1. The van der Waals surface area contributed by atoms with Gasteiger partial charge in [-0.2, -0.15) is 5.26 Å². The van der Waals surface area contributed by atoms with Crippen LogP contribution in [0, 0.1) is 28.9 Å². The summed E-state index contributed by atoms with van der Waals surface area (Å²) in [6.45, 7) is 3.16. The lowest BCUT2D eigenvalue weighted by atomic mass is 9.97. The number of carbonyl (C=O) groups excluding carboxylic acids is 2. The molecule has 2 aromatic rings. The molecule has 1 aliphatic heterocycles. The molecule has 0 radical (unpaired) electrons. The Morgan fingerprint density at radius 1 is 1.33 bits per heavy atom. The van der Waals surface area contributed by atoms with Crippen LogP contribution in [0.25, 0.3) is 11.0 Å². The summed E-state index contributed by atoms with van der Waals surface area (Å²) in [7, 11) is 1.99. The van der Waals surface area contributed by atoms with Gasteiger partial charge in [-0.25, -0.2) is 21.4 Å². The van der Waals surface area contributed by atoms with Crippen molar-refractivity contribution in [2.45, 2.75) is 45.4 Å². The highest BCUT2D eigenvalue weighted by molar-refractivity contribution is 14.1. The average Bonchev–Trinajstić information content (AvgIpc) is 3.14. The molecule has 33 heavy (non-hydrogen) atoms. The summed E-state index contributed by atoms with van der Waals surface area (Å²) < 4.78 is 36.0. The van der Waals surface area contributed by atoms with Gasteiger partial charge >= 0.3 is 5.97 Å². The molecule has 0 atom stereocenters. The minimum Gasteiger partial charge on any atom is -0.443 e. The molecule has 3 rings (SSSR count). The van der Waals surface area contributed by atoms with Gasteiger partial charge in [-0.1, -0.05) is 19.8 Å². The number of benzene rings is 1. The van der Waals surface area contributed by atoms with E-state index in [0.29, 0.717) is 19.3 Å². The summed E-state index contributed by atoms with van der Waals surface area (Å²) >= 11 is 1.70. The number of aromatic nitrogens is 2. The van der Waals surface area contributed by atoms with Crippen LogP contribution in [0.4, 0.5) is 14.7 Å². The predicted octanol–water partition coefficient (Wildman–Crippen LogP) is 4.14. The lowest BCUT2D eigenvalue weighted by Gasteiger charge is -2.28. The molecule has 0 bridgehead atoms. The molecule has 0 N–H and O–H groups in total. The van der Waals surface area contributed by atoms with E-state index < -0.39 is 29.9 Å². The molecule has 1 amide bonds. The van der Waals surface area contributed by atoms with Crippen molar-refractivity contribution in [3.8, 4) is 6.07 Å². The van der Waals surface area contributed by atoms with Crippen LogP contribution in [0.15, 0.2) is 6.07 Å². The molecule has 1 aromatic carbocycles. The fourth-order valence-corrected chi connectivity index (χ4v) is 4.58. The summed E-state index contributed by atoms with van der Waals surface area (Å²) in [5.74, 6) is -2.89. The SMILES string of the molecule is CCCCCC(=O)N(COC(=O)C1CCN(C)CC1)c1nc2c(F)cc(C#N)c(F)c2n1I. The quantitative estimate of drug-likeness (QED) is 0.204. The maximum atomic E-state index is 14.8. The summed E-state index contributed by atoms with van der Waals surface area (Å²) in [5, 5.41) is 9.09. The Hall–Kier alpha value is -2.33. The number of carbonyl (C=O) groups is 2. The number of anilines is 1. The minimum atomic E-state index is -0.927. The fraction of sp³-hybridized carbons (Fsp3) is 0.545. The number of piperidine rings is 1. The summed E-state index contributed by atoms with van der Waals surface area (Å²) in [6.07, 6.45) is 3.88. The van der Waals surface area contributed by atoms with Crippen LogP contribution < -0.4 is 4.90 Å². The van der Waals surface area contributed by atoms with Crippen molar-refractivity contribution in [3.05, 3.63) is 23.3 Å². The van der Waals surface area contributed by atoms with Crippen molar-refractivity contribution >= 4 is 51.7 Å². The van der Waals surface area contributed by atoms with E-state index >= 15 is 0 Å². The molecule has 1 saturated heterocycles. The van der Waals surface area contributed by atoms with Gasteiger partial charge in [-0.15, -0.1) is 0 Å². The first kappa shape index (κ1) is 25.3. The van der Waals surface area contributed by atoms with Gasteiger partial charge in [0, 0.05) is 6.42 Å². The third-order valence-corrected chi connectivity index (χ3v) is 6.71. The normalized spacial score (nSPS) is 14.9. The lowest BCUT2D eigenvalue weighted by Crippen LogP contribution is -2.38. The number of ether oxygens (including phenoxy) is 1. The summed E-state index contributed by atoms with van der Waals surface area (Å²) in [5.41, 5.74) is -1.00. The summed E-state index contributed by atoms with van der Waals surface area (Å²) in [4.78, 5) is 33.0. The number of nitriles is 1. The second-order valence-electron chi connectivity index (χ2n) is 8.17. The number of unbranched alkanes of at least 4 members (excludes halogenated alkanes) is 2. The molecule has 178 valence electrons. The third-order valence-electron chi connectivity index (χ3n) is 5.79. The van der Waals surface area contributed by atoms with Gasteiger partial charge in [0.1, 0.15) is 17.1 Å². The van der Waals surface area contributed by atoms with Gasteiger partial charge in [0.15, 0.2) is 18.4 Å². The number of halogens is 3. The first-order chi connectivity index (χ1) is 15.8. The summed E-state index contributed by atoms with van der Waals surface area (Å²) in [6, 6.07) is 2.39. The topological polar surface area (TPSA) is 91.5 Å². The molecular weight excluding hydrogens is 547 g/mol. The van der Waals surface area contributed by atoms with Crippen LogP contribution in [-0.2, 0) is 14.3 Å². The highest BCUT2D eigenvalue weighted by atomic mass is 127. The number of hydrogen-bond acceptors (Lipinski definition) is 6. The van der Waals surface area contributed by atoms with Gasteiger partial charge in [0.05, 0.1) is 34.3 Å². The van der Waals surface area contributed by atoms with Crippen molar-refractivity contribution < 1.29 is 23.1 Å².